The van der Waals surface area contributed by atoms with Crippen LogP contribution in [0.25, 0.3) is 0 Å². The van der Waals surface area contributed by atoms with E-state index < -0.39 is 9.84 Å². The largest absolute Gasteiger partial charge is 0.378 e. The minimum atomic E-state index is -3.51. The van der Waals surface area contributed by atoms with Crippen LogP contribution in [0.4, 0.5) is 11.4 Å². The van der Waals surface area contributed by atoms with Gasteiger partial charge in [-0.2, -0.15) is 0 Å². The van der Waals surface area contributed by atoms with Gasteiger partial charge in [0.15, 0.2) is 9.84 Å². The van der Waals surface area contributed by atoms with Crippen molar-refractivity contribution in [3.05, 3.63) is 52.0 Å². The van der Waals surface area contributed by atoms with Gasteiger partial charge in [-0.25, -0.2) is 8.42 Å². The third-order valence-electron chi connectivity index (χ3n) is 5.61. The average molecular weight is 493 g/mol. The minimum Gasteiger partial charge on any atom is -0.378 e. The van der Waals surface area contributed by atoms with Crippen molar-refractivity contribution in [2.45, 2.75) is 30.6 Å². The smallest absolute Gasteiger partial charge is 0.225 e. The lowest BCUT2D eigenvalue weighted by Gasteiger charge is -2.30. The summed E-state index contributed by atoms with van der Waals surface area (Å²) in [5.74, 6) is -0.522. The molecule has 1 heterocycles. The maximum Gasteiger partial charge on any atom is 0.225 e. The summed E-state index contributed by atoms with van der Waals surface area (Å²) in [5, 5.41) is 2.90. The normalized spacial score (nSPS) is 16.4. The number of carbonyl (C=O) groups is 1. The molecule has 0 radical (unpaired) electrons. The Bertz CT molecular complexity index is 1050. The lowest BCUT2D eigenvalue weighted by molar-refractivity contribution is -0.115. The highest BCUT2D eigenvalue weighted by molar-refractivity contribution is 9.10. The number of nitrogens with zero attached hydrogens (tertiary/aromatic N) is 1. The maximum absolute atomic E-state index is 12.7. The average Bonchev–Trinajstić information content (AvgIpc) is 3.21. The lowest BCUT2D eigenvalue weighted by Crippen LogP contribution is -2.36. The summed E-state index contributed by atoms with van der Waals surface area (Å²) in [5.41, 5.74) is 3.93. The SMILES string of the molecule is O=C(CCS(=O)(=O)c1ccc2c(c1)CCC2)Nc1cc(Br)ccc1N1CCOCC1. The van der Waals surface area contributed by atoms with Crippen LogP contribution in [0.2, 0.25) is 0 Å². The Morgan fingerprint density at radius 2 is 1.83 bits per heavy atom. The number of carbonyl (C=O) groups excluding carboxylic acids is 1. The molecule has 1 fully saturated rings. The van der Waals surface area contributed by atoms with Crippen molar-refractivity contribution < 1.29 is 17.9 Å². The van der Waals surface area contributed by atoms with Crippen LogP contribution < -0.4 is 10.2 Å². The molecular weight excluding hydrogens is 468 g/mol. The van der Waals surface area contributed by atoms with Crippen molar-refractivity contribution in [3.63, 3.8) is 0 Å². The molecule has 2 aliphatic rings. The monoisotopic (exact) mass is 492 g/mol. The molecule has 0 aromatic heterocycles. The molecule has 0 spiro atoms. The second kappa shape index (κ2) is 9.08. The van der Waals surface area contributed by atoms with Crippen LogP contribution in [0.5, 0.6) is 0 Å². The number of amides is 1. The Morgan fingerprint density at radius 3 is 2.63 bits per heavy atom. The number of halogens is 1. The van der Waals surface area contributed by atoms with Crippen molar-refractivity contribution in [2.24, 2.45) is 0 Å². The van der Waals surface area contributed by atoms with Crippen LogP contribution >= 0.6 is 15.9 Å². The van der Waals surface area contributed by atoms with E-state index in [9.17, 15) is 13.2 Å². The van der Waals surface area contributed by atoms with E-state index in [0.717, 1.165) is 48.1 Å². The highest BCUT2D eigenvalue weighted by atomic mass is 79.9. The van der Waals surface area contributed by atoms with Gasteiger partial charge in [-0.1, -0.05) is 22.0 Å². The number of fused-ring (bicyclic) bond motifs is 1. The number of anilines is 2. The quantitative estimate of drug-likeness (QED) is 0.666. The van der Waals surface area contributed by atoms with Gasteiger partial charge < -0.3 is 15.0 Å². The minimum absolute atomic E-state index is 0.0888. The van der Waals surface area contributed by atoms with Gasteiger partial charge in [0, 0.05) is 24.0 Å². The van der Waals surface area contributed by atoms with Crippen molar-refractivity contribution in [1.82, 2.24) is 0 Å². The number of hydrogen-bond donors (Lipinski definition) is 1. The van der Waals surface area contributed by atoms with Gasteiger partial charge in [0.05, 0.1) is 35.2 Å². The first-order chi connectivity index (χ1) is 14.4. The molecule has 1 aliphatic carbocycles. The zero-order valence-corrected chi connectivity index (χ0v) is 19.1. The van der Waals surface area contributed by atoms with Gasteiger partial charge in [0.1, 0.15) is 0 Å². The summed E-state index contributed by atoms with van der Waals surface area (Å²) >= 11 is 3.45. The highest BCUT2D eigenvalue weighted by Gasteiger charge is 2.21. The predicted octanol–water partition coefficient (Wildman–Crippen LogP) is 3.58. The molecule has 4 rings (SSSR count). The maximum atomic E-state index is 12.7. The Hall–Kier alpha value is -1.90. The second-order valence-electron chi connectivity index (χ2n) is 7.66. The highest BCUT2D eigenvalue weighted by Crippen LogP contribution is 2.30. The molecule has 1 amide bonds. The van der Waals surface area contributed by atoms with Crippen LogP contribution in [0.15, 0.2) is 45.8 Å². The van der Waals surface area contributed by atoms with Gasteiger partial charge in [0.2, 0.25) is 5.91 Å². The molecule has 30 heavy (non-hydrogen) atoms. The molecule has 0 unspecified atom stereocenters. The third-order valence-corrected chi connectivity index (χ3v) is 7.82. The topological polar surface area (TPSA) is 75.7 Å². The number of nitrogens with one attached hydrogen (secondary N) is 1. The molecule has 0 atom stereocenters. The zero-order chi connectivity index (χ0) is 21.1. The van der Waals surface area contributed by atoms with E-state index in [0.29, 0.717) is 23.8 Å². The van der Waals surface area contributed by atoms with Crippen LogP contribution in [-0.2, 0) is 32.2 Å². The Morgan fingerprint density at radius 1 is 1.07 bits per heavy atom. The van der Waals surface area contributed by atoms with Crippen molar-refractivity contribution in [3.8, 4) is 0 Å². The molecule has 6 nitrogen and oxygen atoms in total. The standard InChI is InChI=1S/C22H25BrN2O4S/c23-18-5-7-21(25-9-11-29-12-10-25)20(15-18)24-22(26)8-13-30(27,28)19-6-4-16-2-1-3-17(16)14-19/h4-7,14-15H,1-3,8-13H2,(H,24,26). The summed E-state index contributed by atoms with van der Waals surface area (Å²) in [6.45, 7) is 2.78. The van der Waals surface area contributed by atoms with Crippen LogP contribution in [0.1, 0.15) is 24.0 Å². The molecule has 1 aliphatic heterocycles. The van der Waals surface area contributed by atoms with Crippen molar-refractivity contribution >= 4 is 43.0 Å². The first-order valence-electron chi connectivity index (χ1n) is 10.2. The van der Waals surface area contributed by atoms with E-state index in [1.165, 1.54) is 5.56 Å². The van der Waals surface area contributed by atoms with E-state index in [-0.39, 0.29) is 18.1 Å². The second-order valence-corrected chi connectivity index (χ2v) is 10.7. The van der Waals surface area contributed by atoms with Gasteiger partial charge in [-0.05, 0) is 60.7 Å². The molecule has 8 heteroatoms. The number of ether oxygens (including phenoxy) is 1. The summed E-state index contributed by atoms with van der Waals surface area (Å²) < 4.78 is 31.7. The first kappa shape index (κ1) is 21.3. The molecule has 1 saturated heterocycles. The molecule has 1 N–H and O–H groups in total. The molecule has 2 aromatic rings. The number of aryl methyl sites for hydroxylation is 2. The van der Waals surface area contributed by atoms with Crippen LogP contribution in [-0.4, -0.2) is 46.4 Å². The van der Waals surface area contributed by atoms with E-state index in [2.05, 4.69) is 26.1 Å². The van der Waals surface area contributed by atoms with Gasteiger partial charge >= 0.3 is 0 Å². The van der Waals surface area contributed by atoms with Gasteiger partial charge in [-0.15, -0.1) is 0 Å². The first-order valence-corrected chi connectivity index (χ1v) is 12.6. The lowest BCUT2D eigenvalue weighted by atomic mass is 10.1. The molecule has 0 bridgehead atoms. The fourth-order valence-electron chi connectivity index (χ4n) is 3.99. The fraction of sp³-hybridized carbons (Fsp3) is 0.409. The van der Waals surface area contributed by atoms with Crippen molar-refractivity contribution in [2.75, 3.05) is 42.3 Å². The van der Waals surface area contributed by atoms with Crippen LogP contribution in [0.3, 0.4) is 0 Å². The molecular formula is C22H25BrN2O4S. The Labute approximate surface area is 185 Å². The molecule has 2 aromatic carbocycles. The summed E-state index contributed by atoms with van der Waals surface area (Å²) in [4.78, 5) is 15.1. The van der Waals surface area contributed by atoms with Gasteiger partial charge in [-0.3, -0.25) is 4.79 Å². The number of rotatable bonds is 6. The van der Waals surface area contributed by atoms with Gasteiger partial charge in [0.25, 0.3) is 0 Å². The fourth-order valence-corrected chi connectivity index (χ4v) is 5.64. The third kappa shape index (κ3) is 4.87. The summed E-state index contributed by atoms with van der Waals surface area (Å²) in [6, 6.07) is 11.1. The summed E-state index contributed by atoms with van der Waals surface area (Å²) in [6.07, 6.45) is 2.91. The Balaban J connectivity index is 1.43. The Kier molecular flexibility index (Phi) is 6.46. The summed E-state index contributed by atoms with van der Waals surface area (Å²) in [7, 11) is -3.51. The molecule has 0 saturated carbocycles. The number of hydrogen-bond acceptors (Lipinski definition) is 5. The van der Waals surface area contributed by atoms with E-state index in [4.69, 9.17) is 4.74 Å². The zero-order valence-electron chi connectivity index (χ0n) is 16.7. The number of sulfone groups is 1. The van der Waals surface area contributed by atoms with Crippen molar-refractivity contribution in [1.29, 1.82) is 0 Å². The van der Waals surface area contributed by atoms with E-state index in [1.54, 1.807) is 12.1 Å². The predicted molar refractivity (Wildman–Crippen MR) is 121 cm³/mol. The van der Waals surface area contributed by atoms with E-state index in [1.807, 2.05) is 24.3 Å². The molecule has 160 valence electrons. The number of benzene rings is 2. The number of morpholine rings is 1. The van der Waals surface area contributed by atoms with Crippen LogP contribution in [0, 0.1) is 0 Å². The van der Waals surface area contributed by atoms with E-state index >= 15 is 0 Å².